The predicted molar refractivity (Wildman–Crippen MR) is 81.2 cm³/mol. The van der Waals surface area contributed by atoms with Crippen LogP contribution in [-0.2, 0) is 6.42 Å². The summed E-state index contributed by atoms with van der Waals surface area (Å²) in [6, 6.07) is 5.52. The molecular weight excluding hydrogens is 280 g/mol. The molecule has 2 N–H and O–H groups in total. The highest BCUT2D eigenvalue weighted by atomic mass is 16.3. The van der Waals surface area contributed by atoms with E-state index in [1.165, 1.54) is 0 Å². The van der Waals surface area contributed by atoms with Crippen LogP contribution in [0.15, 0.2) is 30.6 Å². The summed E-state index contributed by atoms with van der Waals surface area (Å²) in [6.07, 6.45) is 6.83. The van der Waals surface area contributed by atoms with Gasteiger partial charge in [0.15, 0.2) is 0 Å². The van der Waals surface area contributed by atoms with E-state index in [1.54, 1.807) is 24.5 Å². The number of likely N-dealkylation sites (tertiary alicyclic amines) is 1. The van der Waals surface area contributed by atoms with Gasteiger partial charge in [0.2, 0.25) is 0 Å². The molecule has 0 spiro atoms. The van der Waals surface area contributed by atoms with Crippen LogP contribution in [0.5, 0.6) is 0 Å². The Hall–Kier alpha value is -2.21. The number of aliphatic hydroxyl groups excluding tert-OH is 1. The second-order valence-corrected chi connectivity index (χ2v) is 5.54. The van der Waals surface area contributed by atoms with E-state index in [-0.39, 0.29) is 18.6 Å². The van der Waals surface area contributed by atoms with Crippen LogP contribution in [-0.4, -0.2) is 44.2 Å². The van der Waals surface area contributed by atoms with E-state index in [1.807, 2.05) is 11.0 Å². The second-order valence-electron chi connectivity index (χ2n) is 5.54. The van der Waals surface area contributed by atoms with Crippen molar-refractivity contribution in [3.8, 4) is 0 Å². The molecule has 1 atom stereocenters. The number of aliphatic hydroxyl groups is 1. The van der Waals surface area contributed by atoms with Crippen LogP contribution in [0.2, 0.25) is 0 Å². The Morgan fingerprint density at radius 1 is 1.45 bits per heavy atom. The van der Waals surface area contributed by atoms with Crippen molar-refractivity contribution >= 4 is 5.91 Å². The average Bonchev–Trinajstić information content (AvgIpc) is 3.04. The van der Waals surface area contributed by atoms with E-state index < -0.39 is 0 Å². The number of pyridine rings is 1. The van der Waals surface area contributed by atoms with Crippen molar-refractivity contribution in [2.75, 3.05) is 13.2 Å². The van der Waals surface area contributed by atoms with E-state index in [9.17, 15) is 4.79 Å². The molecule has 2 aromatic heterocycles. The molecule has 0 bridgehead atoms. The Balaban J connectivity index is 1.83. The molecule has 3 heterocycles. The van der Waals surface area contributed by atoms with E-state index in [0.717, 1.165) is 37.2 Å². The van der Waals surface area contributed by atoms with Gasteiger partial charge in [0.1, 0.15) is 0 Å². The summed E-state index contributed by atoms with van der Waals surface area (Å²) in [5, 5.41) is 16.3. The Labute approximate surface area is 129 Å². The number of carbonyl (C=O) groups excluding carboxylic acids is 1. The van der Waals surface area contributed by atoms with Crippen LogP contribution in [0.3, 0.4) is 0 Å². The molecule has 1 amide bonds. The van der Waals surface area contributed by atoms with Gasteiger partial charge in [-0.3, -0.25) is 14.9 Å². The van der Waals surface area contributed by atoms with Crippen molar-refractivity contribution in [2.24, 2.45) is 0 Å². The molecular formula is C16H20N4O2. The molecule has 116 valence electrons. The fourth-order valence-electron chi connectivity index (χ4n) is 2.94. The third kappa shape index (κ3) is 3.01. The minimum atomic E-state index is -0.00912. The Morgan fingerprint density at radius 2 is 2.36 bits per heavy atom. The lowest BCUT2D eigenvalue weighted by atomic mass is 9.98. The number of H-pyrrole nitrogens is 1. The number of aromatic amines is 1. The van der Waals surface area contributed by atoms with Crippen molar-refractivity contribution in [1.29, 1.82) is 0 Å². The maximum atomic E-state index is 12.7. The summed E-state index contributed by atoms with van der Waals surface area (Å²) in [6.45, 7) is 0.825. The highest BCUT2D eigenvalue weighted by molar-refractivity contribution is 5.94. The number of aromatic nitrogens is 3. The summed E-state index contributed by atoms with van der Waals surface area (Å²) in [4.78, 5) is 18.6. The molecule has 1 saturated heterocycles. The van der Waals surface area contributed by atoms with Gasteiger partial charge in [0.25, 0.3) is 5.91 Å². The normalized spacial score (nSPS) is 18.4. The molecule has 6 heteroatoms. The number of nitrogens with zero attached hydrogens (tertiary/aromatic N) is 3. The number of hydrogen-bond donors (Lipinski definition) is 2. The van der Waals surface area contributed by atoms with Crippen molar-refractivity contribution < 1.29 is 9.90 Å². The lowest BCUT2D eigenvalue weighted by molar-refractivity contribution is 0.0605. The zero-order chi connectivity index (χ0) is 15.4. The molecule has 0 aromatic carbocycles. The SMILES string of the molecule is O=C(c1cccnc1)N1CCCCC1c1cc(CCO)[nH]n1. The van der Waals surface area contributed by atoms with Gasteiger partial charge >= 0.3 is 0 Å². The van der Waals surface area contributed by atoms with Crippen molar-refractivity contribution in [1.82, 2.24) is 20.1 Å². The highest BCUT2D eigenvalue weighted by Gasteiger charge is 2.30. The maximum Gasteiger partial charge on any atom is 0.255 e. The molecule has 22 heavy (non-hydrogen) atoms. The molecule has 0 saturated carbocycles. The predicted octanol–water partition coefficient (Wildman–Crippen LogP) is 1.71. The van der Waals surface area contributed by atoms with Crippen LogP contribution in [0.4, 0.5) is 0 Å². The van der Waals surface area contributed by atoms with Gasteiger partial charge in [-0.25, -0.2) is 0 Å². The first-order chi connectivity index (χ1) is 10.8. The zero-order valence-corrected chi connectivity index (χ0v) is 12.4. The van der Waals surface area contributed by atoms with Crippen LogP contribution in [0, 0.1) is 0 Å². The molecule has 3 rings (SSSR count). The highest BCUT2D eigenvalue weighted by Crippen LogP contribution is 2.31. The van der Waals surface area contributed by atoms with Crippen molar-refractivity contribution in [3.05, 3.63) is 47.5 Å². The van der Waals surface area contributed by atoms with Gasteiger partial charge in [0.05, 0.1) is 17.3 Å². The lowest BCUT2D eigenvalue weighted by Gasteiger charge is -2.34. The largest absolute Gasteiger partial charge is 0.396 e. The molecule has 6 nitrogen and oxygen atoms in total. The van der Waals surface area contributed by atoms with Gasteiger partial charge in [-0.05, 0) is 37.5 Å². The number of piperidine rings is 1. The molecule has 0 radical (unpaired) electrons. The van der Waals surface area contributed by atoms with Gasteiger partial charge < -0.3 is 10.0 Å². The fraction of sp³-hybridized carbons (Fsp3) is 0.438. The van der Waals surface area contributed by atoms with Crippen LogP contribution < -0.4 is 0 Å². The summed E-state index contributed by atoms with van der Waals surface area (Å²) >= 11 is 0. The number of carbonyl (C=O) groups is 1. The minimum absolute atomic E-state index is 0.00417. The average molecular weight is 300 g/mol. The number of rotatable bonds is 4. The topological polar surface area (TPSA) is 82.1 Å². The standard InChI is InChI=1S/C16H20N4O2/c21-9-6-13-10-14(19-18-13)15-5-1-2-8-20(15)16(22)12-4-3-7-17-11-12/h3-4,7,10-11,15,21H,1-2,5-6,8-9H2,(H,18,19). The number of nitrogens with one attached hydrogen (secondary N) is 1. The zero-order valence-electron chi connectivity index (χ0n) is 12.4. The van der Waals surface area contributed by atoms with Gasteiger partial charge in [-0.15, -0.1) is 0 Å². The van der Waals surface area contributed by atoms with Crippen LogP contribution in [0.25, 0.3) is 0 Å². The maximum absolute atomic E-state index is 12.7. The van der Waals surface area contributed by atoms with E-state index in [0.29, 0.717) is 12.0 Å². The van der Waals surface area contributed by atoms with Gasteiger partial charge in [-0.2, -0.15) is 5.10 Å². The van der Waals surface area contributed by atoms with Crippen molar-refractivity contribution in [2.45, 2.75) is 31.7 Å². The van der Waals surface area contributed by atoms with Crippen LogP contribution >= 0.6 is 0 Å². The summed E-state index contributed by atoms with van der Waals surface area (Å²) in [5.41, 5.74) is 2.39. The summed E-state index contributed by atoms with van der Waals surface area (Å²) in [7, 11) is 0. The Morgan fingerprint density at radius 3 is 3.14 bits per heavy atom. The van der Waals surface area contributed by atoms with Crippen LogP contribution in [0.1, 0.15) is 47.1 Å². The van der Waals surface area contributed by atoms with E-state index in [4.69, 9.17) is 5.11 Å². The van der Waals surface area contributed by atoms with Gasteiger partial charge in [-0.1, -0.05) is 0 Å². The molecule has 1 unspecified atom stereocenters. The smallest absolute Gasteiger partial charge is 0.255 e. The molecule has 0 aliphatic carbocycles. The fourth-order valence-corrected chi connectivity index (χ4v) is 2.94. The number of hydrogen-bond acceptors (Lipinski definition) is 4. The molecule has 1 aliphatic rings. The lowest BCUT2D eigenvalue weighted by Crippen LogP contribution is -2.38. The summed E-state index contributed by atoms with van der Waals surface area (Å²) < 4.78 is 0. The third-order valence-corrected chi connectivity index (χ3v) is 4.05. The van der Waals surface area contributed by atoms with E-state index in [2.05, 4.69) is 15.2 Å². The second kappa shape index (κ2) is 6.70. The Kier molecular flexibility index (Phi) is 4.48. The first-order valence-electron chi connectivity index (χ1n) is 7.65. The minimum Gasteiger partial charge on any atom is -0.396 e. The number of amides is 1. The van der Waals surface area contributed by atoms with Crippen molar-refractivity contribution in [3.63, 3.8) is 0 Å². The Bertz CT molecular complexity index is 626. The quantitative estimate of drug-likeness (QED) is 0.900. The monoisotopic (exact) mass is 300 g/mol. The molecule has 2 aromatic rings. The molecule has 1 aliphatic heterocycles. The first kappa shape index (κ1) is 14.7. The molecule has 1 fully saturated rings. The third-order valence-electron chi connectivity index (χ3n) is 4.05. The van der Waals surface area contributed by atoms with Gasteiger partial charge in [0, 0.05) is 37.7 Å². The summed E-state index contributed by atoms with van der Waals surface area (Å²) in [5.74, 6) is 0.00417. The van der Waals surface area contributed by atoms with E-state index >= 15 is 0 Å². The first-order valence-corrected chi connectivity index (χ1v) is 7.65.